The van der Waals surface area contributed by atoms with Gasteiger partial charge in [-0.1, -0.05) is 13.8 Å². The summed E-state index contributed by atoms with van der Waals surface area (Å²) in [6.07, 6.45) is 1.90. The molecule has 4 nitrogen and oxygen atoms in total. The predicted molar refractivity (Wildman–Crippen MR) is 74.6 cm³/mol. The first-order valence-electron chi connectivity index (χ1n) is 6.13. The number of benzene rings is 1. The Morgan fingerprint density at radius 3 is 2.47 bits per heavy atom. The highest BCUT2D eigenvalue weighted by Gasteiger charge is 2.13. The molecule has 0 aromatic heterocycles. The molecule has 19 heavy (non-hydrogen) atoms. The number of aliphatic carboxylic acids is 1. The van der Waals surface area contributed by atoms with E-state index >= 15 is 0 Å². The van der Waals surface area contributed by atoms with Gasteiger partial charge in [-0.15, -0.1) is 0 Å². The summed E-state index contributed by atoms with van der Waals surface area (Å²) >= 11 is 0. The lowest BCUT2D eigenvalue weighted by Gasteiger charge is -2.15. The number of allylic oxidation sites excluding steroid dienone is 1. The highest BCUT2D eigenvalue weighted by molar-refractivity contribution is 5.91. The van der Waals surface area contributed by atoms with Crippen LogP contribution in [0.15, 0.2) is 24.3 Å². The molecule has 1 N–H and O–H groups in total. The second-order valence-corrected chi connectivity index (χ2v) is 4.67. The Kier molecular flexibility index (Phi) is 5.42. The van der Waals surface area contributed by atoms with Crippen LogP contribution >= 0.6 is 0 Å². The summed E-state index contributed by atoms with van der Waals surface area (Å²) in [5.41, 5.74) is 1.50. The Morgan fingerprint density at radius 2 is 2.00 bits per heavy atom. The van der Waals surface area contributed by atoms with E-state index < -0.39 is 5.97 Å². The molecule has 0 amide bonds. The maximum Gasteiger partial charge on any atom is 0.328 e. The molecule has 1 rings (SSSR count). The van der Waals surface area contributed by atoms with E-state index in [2.05, 4.69) is 0 Å². The van der Waals surface area contributed by atoms with E-state index in [1.165, 1.54) is 6.08 Å². The number of rotatable bonds is 6. The normalized spacial score (nSPS) is 11.5. The fraction of sp³-hybridized carbons (Fsp3) is 0.400. The van der Waals surface area contributed by atoms with Crippen molar-refractivity contribution in [3.63, 3.8) is 0 Å². The molecule has 4 heteroatoms. The fourth-order valence-electron chi connectivity index (χ4n) is 1.90. The van der Waals surface area contributed by atoms with Crippen LogP contribution in [-0.2, 0) is 4.79 Å². The second-order valence-electron chi connectivity index (χ2n) is 4.67. The van der Waals surface area contributed by atoms with Crippen LogP contribution in [0.2, 0.25) is 0 Å². The number of carboxylic acids is 1. The highest BCUT2D eigenvalue weighted by atomic mass is 16.5. The molecule has 0 aliphatic carbocycles. The average Bonchev–Trinajstić information content (AvgIpc) is 2.36. The zero-order valence-corrected chi connectivity index (χ0v) is 11.8. The van der Waals surface area contributed by atoms with Crippen LogP contribution in [0, 0.1) is 5.92 Å². The van der Waals surface area contributed by atoms with Gasteiger partial charge >= 0.3 is 5.97 Å². The second kappa shape index (κ2) is 6.83. The molecule has 0 bridgehead atoms. The van der Waals surface area contributed by atoms with Gasteiger partial charge in [0.05, 0.1) is 14.2 Å². The number of hydrogen-bond acceptors (Lipinski definition) is 3. The molecule has 0 spiro atoms. The summed E-state index contributed by atoms with van der Waals surface area (Å²) in [5, 5.41) is 9.00. The van der Waals surface area contributed by atoms with E-state index in [9.17, 15) is 4.79 Å². The van der Waals surface area contributed by atoms with Crippen LogP contribution < -0.4 is 9.47 Å². The summed E-state index contributed by atoms with van der Waals surface area (Å²) in [4.78, 5) is 11.0. The summed E-state index contributed by atoms with van der Waals surface area (Å²) in [6, 6.07) is 5.37. The van der Waals surface area contributed by atoms with E-state index in [0.717, 1.165) is 11.1 Å². The van der Waals surface area contributed by atoms with Gasteiger partial charge < -0.3 is 14.6 Å². The van der Waals surface area contributed by atoms with Crippen molar-refractivity contribution in [2.45, 2.75) is 20.3 Å². The first-order valence-corrected chi connectivity index (χ1v) is 6.13. The fourth-order valence-corrected chi connectivity index (χ4v) is 1.90. The maximum atomic E-state index is 11.0. The van der Waals surface area contributed by atoms with Gasteiger partial charge in [-0.05, 0) is 36.1 Å². The number of hydrogen-bond donors (Lipinski definition) is 1. The summed E-state index contributed by atoms with van der Waals surface area (Å²) in [7, 11) is 3.15. The number of carbonyl (C=O) groups is 1. The van der Waals surface area contributed by atoms with Gasteiger partial charge in [0.15, 0.2) is 0 Å². The lowest BCUT2D eigenvalue weighted by molar-refractivity contribution is -0.131. The first-order chi connectivity index (χ1) is 8.97. The largest absolute Gasteiger partial charge is 0.497 e. The minimum atomic E-state index is -0.958. The lowest BCUT2D eigenvalue weighted by atomic mass is 9.95. The molecule has 0 atom stereocenters. The number of carboxylic acid groups (broad SMARTS) is 1. The van der Waals surface area contributed by atoms with E-state index in [1.54, 1.807) is 32.4 Å². The Balaban J connectivity index is 3.30. The lowest BCUT2D eigenvalue weighted by Crippen LogP contribution is -2.00. The Morgan fingerprint density at radius 1 is 1.32 bits per heavy atom. The smallest absolute Gasteiger partial charge is 0.328 e. The van der Waals surface area contributed by atoms with Crippen molar-refractivity contribution in [2.75, 3.05) is 14.2 Å². The SMILES string of the molecule is COc1ccc(OC)c(/C(=C/C(=O)O)CC(C)C)c1. The molecule has 0 heterocycles. The van der Waals surface area contributed by atoms with Crippen molar-refractivity contribution in [3.05, 3.63) is 29.8 Å². The topological polar surface area (TPSA) is 55.8 Å². The van der Waals surface area contributed by atoms with Crippen molar-refractivity contribution in [1.29, 1.82) is 0 Å². The monoisotopic (exact) mass is 264 g/mol. The molecule has 0 aliphatic heterocycles. The molecule has 1 aromatic carbocycles. The molecule has 0 fully saturated rings. The molecule has 0 unspecified atom stereocenters. The summed E-state index contributed by atoms with van der Waals surface area (Å²) in [5.74, 6) is 0.715. The van der Waals surface area contributed by atoms with Gasteiger partial charge in [-0.25, -0.2) is 4.79 Å². The molecule has 0 saturated heterocycles. The molecule has 1 aromatic rings. The number of ether oxygens (including phenoxy) is 2. The van der Waals surface area contributed by atoms with E-state index in [4.69, 9.17) is 14.6 Å². The third-order valence-electron chi connectivity index (χ3n) is 2.68. The first kappa shape index (κ1) is 15.1. The van der Waals surface area contributed by atoms with Crippen molar-refractivity contribution in [2.24, 2.45) is 5.92 Å². The minimum Gasteiger partial charge on any atom is -0.497 e. The zero-order chi connectivity index (χ0) is 14.4. The Bertz CT molecular complexity index is 475. The Labute approximate surface area is 113 Å². The van der Waals surface area contributed by atoms with Crippen molar-refractivity contribution >= 4 is 11.5 Å². The van der Waals surface area contributed by atoms with Crippen molar-refractivity contribution < 1.29 is 19.4 Å². The third-order valence-corrected chi connectivity index (χ3v) is 2.68. The van der Waals surface area contributed by atoms with Gasteiger partial charge in [-0.3, -0.25) is 0 Å². The van der Waals surface area contributed by atoms with Gasteiger partial charge in [0, 0.05) is 11.6 Å². The molecule has 0 saturated carbocycles. The standard InChI is InChI=1S/C15H20O4/c1-10(2)7-11(8-15(16)17)13-9-12(18-3)5-6-14(13)19-4/h5-6,8-10H,7H2,1-4H3,(H,16,17)/b11-8+. The molecule has 0 radical (unpaired) electrons. The van der Waals surface area contributed by atoms with Crippen molar-refractivity contribution in [1.82, 2.24) is 0 Å². The van der Waals surface area contributed by atoms with Gasteiger partial charge in [0.2, 0.25) is 0 Å². The molecular weight excluding hydrogens is 244 g/mol. The van der Waals surface area contributed by atoms with Gasteiger partial charge in [0.1, 0.15) is 11.5 Å². The molecular formula is C15H20O4. The van der Waals surface area contributed by atoms with Crippen LogP contribution in [-0.4, -0.2) is 25.3 Å². The Hall–Kier alpha value is -1.97. The summed E-state index contributed by atoms with van der Waals surface area (Å²) < 4.78 is 10.5. The maximum absolute atomic E-state index is 11.0. The van der Waals surface area contributed by atoms with Crippen molar-refractivity contribution in [3.8, 4) is 11.5 Å². The zero-order valence-electron chi connectivity index (χ0n) is 11.8. The van der Waals surface area contributed by atoms with E-state index in [0.29, 0.717) is 23.8 Å². The average molecular weight is 264 g/mol. The summed E-state index contributed by atoms with van der Waals surface area (Å²) in [6.45, 7) is 4.09. The quantitative estimate of drug-likeness (QED) is 0.801. The van der Waals surface area contributed by atoms with Gasteiger partial charge in [0.25, 0.3) is 0 Å². The van der Waals surface area contributed by atoms with Crippen LogP contribution in [0.4, 0.5) is 0 Å². The van der Waals surface area contributed by atoms with Gasteiger partial charge in [-0.2, -0.15) is 0 Å². The molecule has 0 aliphatic rings. The van der Waals surface area contributed by atoms with Crippen LogP contribution in [0.5, 0.6) is 11.5 Å². The van der Waals surface area contributed by atoms with Crippen LogP contribution in [0.25, 0.3) is 5.57 Å². The molecule has 104 valence electrons. The highest BCUT2D eigenvalue weighted by Crippen LogP contribution is 2.33. The predicted octanol–water partition coefficient (Wildman–Crippen LogP) is 3.22. The van der Waals surface area contributed by atoms with E-state index in [1.807, 2.05) is 13.8 Å². The number of methoxy groups -OCH3 is 2. The van der Waals surface area contributed by atoms with E-state index in [-0.39, 0.29) is 0 Å². The minimum absolute atomic E-state index is 0.349. The van der Waals surface area contributed by atoms with Crippen LogP contribution in [0.3, 0.4) is 0 Å². The third kappa shape index (κ3) is 4.32. The van der Waals surface area contributed by atoms with Crippen LogP contribution in [0.1, 0.15) is 25.8 Å².